The molecule has 1 aromatic carbocycles. The van der Waals surface area contributed by atoms with Crippen LogP contribution in [0, 0.1) is 5.92 Å². The Morgan fingerprint density at radius 1 is 1.43 bits per heavy atom. The summed E-state index contributed by atoms with van der Waals surface area (Å²) in [6.45, 7) is 5.37. The van der Waals surface area contributed by atoms with Crippen LogP contribution in [-0.2, 0) is 11.2 Å². The van der Waals surface area contributed by atoms with Gasteiger partial charge in [-0.05, 0) is 62.9 Å². The number of rotatable bonds is 3. The van der Waals surface area contributed by atoms with E-state index in [0.29, 0.717) is 6.61 Å². The van der Waals surface area contributed by atoms with E-state index in [1.54, 1.807) is 0 Å². The second kappa shape index (κ2) is 6.48. The zero-order valence-corrected chi connectivity index (χ0v) is 12.7. The van der Waals surface area contributed by atoms with Gasteiger partial charge in [0.1, 0.15) is 5.75 Å². The molecule has 114 valence electrons. The van der Waals surface area contributed by atoms with Crippen LogP contribution < -0.4 is 15.0 Å². The fourth-order valence-electron chi connectivity index (χ4n) is 3.34. The maximum absolute atomic E-state index is 12.8. The Morgan fingerprint density at radius 2 is 2.33 bits per heavy atom. The maximum Gasteiger partial charge on any atom is 0.231 e. The summed E-state index contributed by atoms with van der Waals surface area (Å²) in [5, 5.41) is 3.34. The Bertz CT molecular complexity index is 510. The minimum absolute atomic E-state index is 0.135. The molecule has 4 heteroatoms. The number of ether oxygens (including phenoxy) is 1. The molecule has 0 aliphatic carbocycles. The predicted octanol–water partition coefficient (Wildman–Crippen LogP) is 2.36. The van der Waals surface area contributed by atoms with Gasteiger partial charge in [0.05, 0.1) is 12.5 Å². The number of nitrogens with one attached hydrogen (secondary N) is 1. The summed E-state index contributed by atoms with van der Waals surface area (Å²) in [6.07, 6.45) is 4.17. The van der Waals surface area contributed by atoms with Crippen molar-refractivity contribution in [1.29, 1.82) is 0 Å². The van der Waals surface area contributed by atoms with Crippen molar-refractivity contribution in [2.75, 3.05) is 31.1 Å². The average Bonchev–Trinajstić information content (AvgIpc) is 2.54. The zero-order valence-electron chi connectivity index (χ0n) is 12.7. The third-order valence-corrected chi connectivity index (χ3v) is 4.39. The van der Waals surface area contributed by atoms with E-state index < -0.39 is 0 Å². The van der Waals surface area contributed by atoms with Gasteiger partial charge in [0.2, 0.25) is 5.91 Å². The molecule has 1 saturated heterocycles. The van der Waals surface area contributed by atoms with Gasteiger partial charge < -0.3 is 15.0 Å². The molecule has 2 aliphatic rings. The smallest absolute Gasteiger partial charge is 0.231 e. The van der Waals surface area contributed by atoms with E-state index in [-0.39, 0.29) is 11.8 Å². The van der Waals surface area contributed by atoms with Gasteiger partial charge >= 0.3 is 0 Å². The van der Waals surface area contributed by atoms with Gasteiger partial charge in [0.15, 0.2) is 0 Å². The van der Waals surface area contributed by atoms with Crippen LogP contribution in [0.3, 0.4) is 0 Å². The lowest BCUT2D eigenvalue weighted by Crippen LogP contribution is -2.45. The molecule has 0 saturated carbocycles. The van der Waals surface area contributed by atoms with E-state index in [2.05, 4.69) is 11.4 Å². The van der Waals surface area contributed by atoms with Crippen LogP contribution in [0.1, 0.15) is 31.7 Å². The number of aryl methyl sites for hydroxylation is 1. The molecular weight excluding hydrogens is 264 g/mol. The summed E-state index contributed by atoms with van der Waals surface area (Å²) < 4.78 is 5.57. The van der Waals surface area contributed by atoms with Crippen LogP contribution in [0.25, 0.3) is 0 Å². The predicted molar refractivity (Wildman–Crippen MR) is 83.9 cm³/mol. The number of carbonyl (C=O) groups excluding carboxylic acids is 1. The highest BCUT2D eigenvalue weighted by Gasteiger charge is 2.29. The maximum atomic E-state index is 12.8. The standard InChI is InChI=1S/C17H24N2O2/c1-2-21-15-7-8-16-13(11-15)6-4-10-19(16)17(20)14-5-3-9-18-12-14/h7-8,11,14,18H,2-6,9-10,12H2,1H3. The molecule has 21 heavy (non-hydrogen) atoms. The highest BCUT2D eigenvalue weighted by atomic mass is 16.5. The number of hydrogen-bond donors (Lipinski definition) is 1. The molecule has 0 aromatic heterocycles. The lowest BCUT2D eigenvalue weighted by Gasteiger charge is -2.34. The fraction of sp³-hybridized carbons (Fsp3) is 0.588. The number of nitrogens with zero attached hydrogens (tertiary/aromatic N) is 1. The van der Waals surface area contributed by atoms with Gasteiger partial charge in [-0.1, -0.05) is 0 Å². The minimum Gasteiger partial charge on any atom is -0.494 e. The van der Waals surface area contributed by atoms with E-state index in [4.69, 9.17) is 4.74 Å². The molecular formula is C17H24N2O2. The first-order valence-corrected chi connectivity index (χ1v) is 8.07. The monoisotopic (exact) mass is 288 g/mol. The third-order valence-electron chi connectivity index (χ3n) is 4.39. The molecule has 1 aromatic rings. The van der Waals surface area contributed by atoms with Gasteiger partial charge in [0, 0.05) is 18.8 Å². The van der Waals surface area contributed by atoms with Crippen molar-refractivity contribution >= 4 is 11.6 Å². The molecule has 0 bridgehead atoms. The SMILES string of the molecule is CCOc1ccc2c(c1)CCCN2C(=O)C1CCCNC1. The van der Waals surface area contributed by atoms with Crippen molar-refractivity contribution in [1.82, 2.24) is 5.32 Å². The second-order valence-corrected chi connectivity index (χ2v) is 5.86. The number of hydrogen-bond acceptors (Lipinski definition) is 3. The lowest BCUT2D eigenvalue weighted by molar-refractivity contribution is -0.122. The second-order valence-electron chi connectivity index (χ2n) is 5.86. The van der Waals surface area contributed by atoms with Crippen LogP contribution in [0.4, 0.5) is 5.69 Å². The fourth-order valence-corrected chi connectivity index (χ4v) is 3.34. The van der Waals surface area contributed by atoms with E-state index in [9.17, 15) is 4.79 Å². The van der Waals surface area contributed by atoms with Gasteiger partial charge in [0.25, 0.3) is 0 Å². The molecule has 1 N–H and O–H groups in total. The van der Waals surface area contributed by atoms with E-state index in [1.165, 1.54) is 5.56 Å². The van der Waals surface area contributed by atoms with Crippen LogP contribution in [-0.4, -0.2) is 32.1 Å². The van der Waals surface area contributed by atoms with Crippen molar-refractivity contribution in [3.8, 4) is 5.75 Å². The number of benzene rings is 1. The van der Waals surface area contributed by atoms with Crippen LogP contribution in [0.15, 0.2) is 18.2 Å². The summed E-state index contributed by atoms with van der Waals surface area (Å²) in [4.78, 5) is 14.8. The number of fused-ring (bicyclic) bond motifs is 1. The van der Waals surface area contributed by atoms with Gasteiger partial charge in [-0.2, -0.15) is 0 Å². The van der Waals surface area contributed by atoms with Gasteiger partial charge in [-0.25, -0.2) is 0 Å². The first-order chi connectivity index (χ1) is 10.3. The van der Waals surface area contributed by atoms with Crippen LogP contribution >= 0.6 is 0 Å². The Labute approximate surface area is 126 Å². The summed E-state index contributed by atoms with van der Waals surface area (Å²) >= 11 is 0. The number of piperidine rings is 1. The van der Waals surface area contributed by atoms with Crippen molar-refractivity contribution < 1.29 is 9.53 Å². The molecule has 2 aliphatic heterocycles. The summed E-state index contributed by atoms with van der Waals surface area (Å²) in [6, 6.07) is 6.12. The highest BCUT2D eigenvalue weighted by molar-refractivity contribution is 5.96. The Kier molecular flexibility index (Phi) is 4.44. The number of amides is 1. The van der Waals surface area contributed by atoms with E-state index >= 15 is 0 Å². The highest BCUT2D eigenvalue weighted by Crippen LogP contribution is 2.32. The summed E-state index contributed by atoms with van der Waals surface area (Å²) in [5.41, 5.74) is 2.32. The quantitative estimate of drug-likeness (QED) is 0.928. The van der Waals surface area contributed by atoms with Gasteiger partial charge in [-0.3, -0.25) is 4.79 Å². The first-order valence-electron chi connectivity index (χ1n) is 8.07. The topological polar surface area (TPSA) is 41.6 Å². The molecule has 1 amide bonds. The number of carbonyl (C=O) groups is 1. The average molecular weight is 288 g/mol. The molecule has 3 rings (SSSR count). The molecule has 1 unspecified atom stereocenters. The Morgan fingerprint density at radius 3 is 3.10 bits per heavy atom. The zero-order chi connectivity index (χ0) is 14.7. The van der Waals surface area contributed by atoms with Crippen molar-refractivity contribution in [2.45, 2.75) is 32.6 Å². The summed E-state index contributed by atoms with van der Waals surface area (Å²) in [7, 11) is 0. The van der Waals surface area contributed by atoms with Crippen molar-refractivity contribution in [3.63, 3.8) is 0 Å². The van der Waals surface area contributed by atoms with Crippen molar-refractivity contribution in [3.05, 3.63) is 23.8 Å². The molecule has 4 nitrogen and oxygen atoms in total. The first kappa shape index (κ1) is 14.4. The molecule has 1 fully saturated rings. The van der Waals surface area contributed by atoms with E-state index in [1.807, 2.05) is 24.0 Å². The largest absolute Gasteiger partial charge is 0.494 e. The molecule has 2 heterocycles. The lowest BCUT2D eigenvalue weighted by atomic mass is 9.95. The third kappa shape index (κ3) is 3.05. The normalized spacial score (nSPS) is 21.8. The van der Waals surface area contributed by atoms with Gasteiger partial charge in [-0.15, -0.1) is 0 Å². The molecule has 0 spiro atoms. The van der Waals surface area contributed by atoms with Crippen molar-refractivity contribution in [2.24, 2.45) is 5.92 Å². The van der Waals surface area contributed by atoms with Crippen LogP contribution in [0.5, 0.6) is 5.75 Å². The van der Waals surface area contributed by atoms with E-state index in [0.717, 1.165) is 56.8 Å². The minimum atomic E-state index is 0.135. The Balaban J connectivity index is 1.81. The Hall–Kier alpha value is -1.55. The van der Waals surface area contributed by atoms with Crippen LogP contribution in [0.2, 0.25) is 0 Å². The molecule has 1 atom stereocenters. The molecule has 0 radical (unpaired) electrons. The summed E-state index contributed by atoms with van der Waals surface area (Å²) in [5.74, 6) is 1.33. The number of anilines is 1.